The standard InChI is InChI=1S/C18H20ClN3O4S/c1-26-17-5-3-2-4-16(17)21-8-10-22(11-9-21)18(23)14-12-13(27(20,24)25)6-7-15(14)19/h2-7,12H,8-11H2,1H3,(H2,20,24,25). The van der Waals surface area contributed by atoms with Crippen LogP contribution in [0.5, 0.6) is 5.75 Å². The highest BCUT2D eigenvalue weighted by Crippen LogP contribution is 2.29. The number of sulfonamides is 1. The lowest BCUT2D eigenvalue weighted by atomic mass is 10.1. The molecule has 0 saturated carbocycles. The summed E-state index contributed by atoms with van der Waals surface area (Å²) in [6, 6.07) is 11.6. The van der Waals surface area contributed by atoms with Gasteiger partial charge in [0.25, 0.3) is 5.91 Å². The zero-order valence-electron chi connectivity index (χ0n) is 14.8. The Balaban J connectivity index is 1.76. The van der Waals surface area contributed by atoms with Crippen LogP contribution in [0, 0.1) is 0 Å². The minimum absolute atomic E-state index is 0.133. The van der Waals surface area contributed by atoms with Gasteiger partial charge in [0.15, 0.2) is 0 Å². The molecule has 0 aromatic heterocycles. The summed E-state index contributed by atoms with van der Waals surface area (Å²) < 4.78 is 28.5. The number of rotatable bonds is 4. The van der Waals surface area contributed by atoms with Gasteiger partial charge in [-0.2, -0.15) is 0 Å². The summed E-state index contributed by atoms with van der Waals surface area (Å²) in [5.74, 6) is 0.464. The average molecular weight is 410 g/mol. The summed E-state index contributed by atoms with van der Waals surface area (Å²) in [7, 11) is -2.29. The zero-order valence-corrected chi connectivity index (χ0v) is 16.3. The number of nitrogens with two attached hydrogens (primary N) is 1. The highest BCUT2D eigenvalue weighted by Gasteiger charge is 2.26. The van der Waals surface area contributed by atoms with E-state index in [0.717, 1.165) is 11.4 Å². The Morgan fingerprint density at radius 2 is 1.78 bits per heavy atom. The number of piperazine rings is 1. The number of amides is 1. The molecule has 2 aromatic carbocycles. The summed E-state index contributed by atoms with van der Waals surface area (Å²) in [5, 5.41) is 5.34. The van der Waals surface area contributed by atoms with E-state index in [0.29, 0.717) is 26.2 Å². The molecule has 1 heterocycles. The third-order valence-electron chi connectivity index (χ3n) is 4.49. The van der Waals surface area contributed by atoms with Gasteiger partial charge in [-0.1, -0.05) is 23.7 Å². The van der Waals surface area contributed by atoms with Crippen molar-refractivity contribution in [1.82, 2.24) is 4.90 Å². The molecule has 2 aromatic rings. The summed E-state index contributed by atoms with van der Waals surface area (Å²) in [6.07, 6.45) is 0. The van der Waals surface area contributed by atoms with E-state index in [2.05, 4.69) is 4.90 Å². The number of primary sulfonamides is 1. The quantitative estimate of drug-likeness (QED) is 0.833. The summed E-state index contributed by atoms with van der Waals surface area (Å²) in [5.41, 5.74) is 1.11. The van der Waals surface area contributed by atoms with Crippen LogP contribution in [0.2, 0.25) is 5.02 Å². The first kappa shape index (κ1) is 19.5. The van der Waals surface area contributed by atoms with E-state index >= 15 is 0 Å². The first-order valence-electron chi connectivity index (χ1n) is 8.31. The van der Waals surface area contributed by atoms with Gasteiger partial charge in [0, 0.05) is 26.2 Å². The van der Waals surface area contributed by atoms with Gasteiger partial charge in [-0.05, 0) is 30.3 Å². The highest BCUT2D eigenvalue weighted by atomic mass is 35.5. The Morgan fingerprint density at radius 3 is 2.41 bits per heavy atom. The maximum Gasteiger partial charge on any atom is 0.255 e. The van der Waals surface area contributed by atoms with Gasteiger partial charge in [-0.3, -0.25) is 4.79 Å². The Kier molecular flexibility index (Phi) is 5.59. The van der Waals surface area contributed by atoms with Crippen molar-refractivity contribution in [2.45, 2.75) is 4.90 Å². The SMILES string of the molecule is COc1ccccc1N1CCN(C(=O)c2cc(S(N)(=O)=O)ccc2Cl)CC1. The molecule has 1 fully saturated rings. The number of ether oxygens (including phenoxy) is 1. The minimum atomic E-state index is -3.91. The number of anilines is 1. The van der Waals surface area contributed by atoms with Gasteiger partial charge in [0.1, 0.15) is 5.75 Å². The number of halogens is 1. The van der Waals surface area contributed by atoms with Crippen molar-refractivity contribution in [3.05, 3.63) is 53.1 Å². The molecule has 0 unspecified atom stereocenters. The number of carbonyl (C=O) groups excluding carboxylic acids is 1. The largest absolute Gasteiger partial charge is 0.495 e. The molecule has 9 heteroatoms. The molecular formula is C18H20ClN3O4S. The molecular weight excluding hydrogens is 390 g/mol. The van der Waals surface area contributed by atoms with Gasteiger partial charge in [0.2, 0.25) is 10.0 Å². The second-order valence-corrected chi connectivity index (χ2v) is 8.11. The minimum Gasteiger partial charge on any atom is -0.495 e. The molecule has 7 nitrogen and oxygen atoms in total. The highest BCUT2D eigenvalue weighted by molar-refractivity contribution is 7.89. The molecule has 27 heavy (non-hydrogen) atoms. The number of methoxy groups -OCH3 is 1. The number of carbonyl (C=O) groups is 1. The van der Waals surface area contributed by atoms with Crippen molar-refractivity contribution in [3.8, 4) is 5.75 Å². The van der Waals surface area contributed by atoms with Gasteiger partial charge in [-0.15, -0.1) is 0 Å². The van der Waals surface area contributed by atoms with Crippen LogP contribution >= 0.6 is 11.6 Å². The van der Waals surface area contributed by atoms with E-state index in [1.807, 2.05) is 24.3 Å². The summed E-state index contributed by atoms with van der Waals surface area (Å²) >= 11 is 6.11. The van der Waals surface area contributed by atoms with E-state index < -0.39 is 10.0 Å². The molecule has 1 saturated heterocycles. The van der Waals surface area contributed by atoms with Gasteiger partial charge >= 0.3 is 0 Å². The maximum absolute atomic E-state index is 12.8. The number of hydrogen-bond acceptors (Lipinski definition) is 5. The predicted octanol–water partition coefficient (Wildman–Crippen LogP) is 1.96. The predicted molar refractivity (Wildman–Crippen MR) is 104 cm³/mol. The molecule has 144 valence electrons. The lowest BCUT2D eigenvalue weighted by Gasteiger charge is -2.36. The maximum atomic E-state index is 12.8. The Morgan fingerprint density at radius 1 is 1.11 bits per heavy atom. The van der Waals surface area contributed by atoms with E-state index in [4.69, 9.17) is 21.5 Å². The van der Waals surface area contributed by atoms with Gasteiger partial charge in [-0.25, -0.2) is 13.6 Å². The summed E-state index contributed by atoms with van der Waals surface area (Å²) in [6.45, 7) is 2.21. The molecule has 0 aliphatic carbocycles. The van der Waals surface area contributed by atoms with Crippen LogP contribution in [-0.2, 0) is 10.0 Å². The first-order chi connectivity index (χ1) is 12.8. The fraction of sp³-hybridized carbons (Fsp3) is 0.278. The van der Waals surface area contributed by atoms with E-state index in [9.17, 15) is 13.2 Å². The molecule has 0 spiro atoms. The molecule has 0 atom stereocenters. The smallest absolute Gasteiger partial charge is 0.255 e. The van der Waals surface area contributed by atoms with E-state index in [1.165, 1.54) is 18.2 Å². The molecule has 1 aliphatic heterocycles. The van der Waals surface area contributed by atoms with Crippen LogP contribution in [0.4, 0.5) is 5.69 Å². The lowest BCUT2D eigenvalue weighted by Crippen LogP contribution is -2.49. The van der Waals surface area contributed by atoms with Crippen LogP contribution in [0.3, 0.4) is 0 Å². The van der Waals surface area contributed by atoms with Crippen LogP contribution in [0.1, 0.15) is 10.4 Å². The second-order valence-electron chi connectivity index (χ2n) is 6.14. The normalized spacial score (nSPS) is 14.9. The summed E-state index contributed by atoms with van der Waals surface area (Å²) in [4.78, 5) is 16.5. The fourth-order valence-corrected chi connectivity index (χ4v) is 3.80. The third kappa shape index (κ3) is 4.18. The molecule has 2 N–H and O–H groups in total. The van der Waals surface area contributed by atoms with Gasteiger partial charge < -0.3 is 14.5 Å². The molecule has 0 radical (unpaired) electrons. The van der Waals surface area contributed by atoms with Crippen molar-refractivity contribution in [2.24, 2.45) is 5.14 Å². The van der Waals surface area contributed by atoms with Crippen molar-refractivity contribution in [1.29, 1.82) is 0 Å². The van der Waals surface area contributed by atoms with Crippen LogP contribution in [0.15, 0.2) is 47.4 Å². The second kappa shape index (κ2) is 7.75. The van der Waals surface area contributed by atoms with Crippen LogP contribution in [-0.4, -0.2) is 52.5 Å². The number of benzene rings is 2. The molecule has 1 aliphatic rings. The van der Waals surface area contributed by atoms with Crippen molar-refractivity contribution < 1.29 is 17.9 Å². The molecule has 0 bridgehead atoms. The lowest BCUT2D eigenvalue weighted by molar-refractivity contribution is 0.0746. The topological polar surface area (TPSA) is 92.9 Å². The monoisotopic (exact) mass is 409 g/mol. The Labute approximate surface area is 163 Å². The molecule has 1 amide bonds. The van der Waals surface area contributed by atoms with Gasteiger partial charge in [0.05, 0.1) is 28.3 Å². The Bertz CT molecular complexity index is 957. The zero-order chi connectivity index (χ0) is 19.6. The fourth-order valence-electron chi connectivity index (χ4n) is 3.06. The van der Waals surface area contributed by atoms with Crippen molar-refractivity contribution in [2.75, 3.05) is 38.2 Å². The van der Waals surface area contributed by atoms with Crippen molar-refractivity contribution in [3.63, 3.8) is 0 Å². The van der Waals surface area contributed by atoms with Crippen LogP contribution in [0.25, 0.3) is 0 Å². The van der Waals surface area contributed by atoms with E-state index in [-0.39, 0.29) is 21.4 Å². The van der Waals surface area contributed by atoms with Crippen molar-refractivity contribution >= 4 is 33.2 Å². The number of hydrogen-bond donors (Lipinski definition) is 1. The van der Waals surface area contributed by atoms with Crippen LogP contribution < -0.4 is 14.8 Å². The first-order valence-corrected chi connectivity index (χ1v) is 10.2. The number of nitrogens with zero attached hydrogens (tertiary/aromatic N) is 2. The average Bonchev–Trinajstić information content (AvgIpc) is 2.67. The number of para-hydroxylation sites is 2. The Hall–Kier alpha value is -2.29. The third-order valence-corrected chi connectivity index (χ3v) is 5.73. The van der Waals surface area contributed by atoms with E-state index in [1.54, 1.807) is 12.0 Å². The molecule has 3 rings (SSSR count).